The molecule has 9 heavy (non-hydrogen) atoms. The molecule has 0 bridgehead atoms. The van der Waals surface area contributed by atoms with E-state index in [1.807, 2.05) is 6.92 Å². The molecular formula is C6H13NOSi. The predicted octanol–water partition coefficient (Wildman–Crippen LogP) is 1.49. The summed E-state index contributed by atoms with van der Waals surface area (Å²) in [5, 5.41) is 8.49. The summed E-state index contributed by atoms with van der Waals surface area (Å²) in [5.74, 6) is 0. The molecule has 1 atom stereocenters. The minimum atomic E-state index is -2.15. The van der Waals surface area contributed by atoms with Crippen LogP contribution in [0.25, 0.3) is 0 Å². The van der Waals surface area contributed by atoms with Crippen molar-refractivity contribution in [2.75, 3.05) is 0 Å². The Labute approximate surface area is 57.3 Å². The Morgan fingerprint density at radius 2 is 2.11 bits per heavy atom. The molecule has 0 fully saturated rings. The monoisotopic (exact) mass is 143 g/mol. The normalized spacial score (nSPS) is 14.6. The van der Waals surface area contributed by atoms with Crippen molar-refractivity contribution in [1.82, 2.24) is 0 Å². The minimum absolute atomic E-state index is 0.0995. The lowest BCUT2D eigenvalue weighted by molar-refractivity contribution is 0.533. The van der Waals surface area contributed by atoms with E-state index in [0.717, 1.165) is 6.42 Å². The van der Waals surface area contributed by atoms with Crippen LogP contribution in [-0.2, 0) is 0 Å². The van der Waals surface area contributed by atoms with Crippen molar-refractivity contribution in [1.29, 1.82) is 5.26 Å². The van der Waals surface area contributed by atoms with E-state index in [-0.39, 0.29) is 5.54 Å². The molecular weight excluding hydrogens is 130 g/mol. The lowest BCUT2D eigenvalue weighted by Gasteiger charge is -2.18. The third-order valence-corrected chi connectivity index (χ3v) is 3.66. The van der Waals surface area contributed by atoms with Crippen LogP contribution in [0.1, 0.15) is 13.3 Å². The summed E-state index contributed by atoms with van der Waals surface area (Å²) < 4.78 is 0. The molecule has 0 aromatic carbocycles. The summed E-state index contributed by atoms with van der Waals surface area (Å²) in [6.45, 7) is 5.52. The van der Waals surface area contributed by atoms with Crippen LogP contribution in [0.4, 0.5) is 0 Å². The Balaban J connectivity index is 4.00. The molecule has 52 valence electrons. The van der Waals surface area contributed by atoms with Gasteiger partial charge in [0.2, 0.25) is 0 Å². The summed E-state index contributed by atoms with van der Waals surface area (Å²) in [7, 11) is -2.15. The van der Waals surface area contributed by atoms with Crippen LogP contribution in [-0.4, -0.2) is 13.1 Å². The van der Waals surface area contributed by atoms with Crippen molar-refractivity contribution in [3.05, 3.63) is 0 Å². The second-order valence-electron chi connectivity index (χ2n) is 2.74. The second-order valence-corrected chi connectivity index (χ2v) is 6.75. The van der Waals surface area contributed by atoms with Crippen LogP contribution < -0.4 is 0 Å². The van der Waals surface area contributed by atoms with Crippen molar-refractivity contribution in [2.24, 2.45) is 0 Å². The van der Waals surface area contributed by atoms with Gasteiger partial charge in [0, 0.05) is 0 Å². The molecule has 0 spiro atoms. The molecule has 0 aliphatic carbocycles. The fourth-order valence-corrected chi connectivity index (χ4v) is 2.06. The fraction of sp³-hybridized carbons (Fsp3) is 0.833. The highest BCUT2D eigenvalue weighted by molar-refractivity contribution is 6.72. The van der Waals surface area contributed by atoms with E-state index in [0.29, 0.717) is 0 Å². The van der Waals surface area contributed by atoms with Gasteiger partial charge in [0.05, 0.1) is 11.6 Å². The van der Waals surface area contributed by atoms with Crippen LogP contribution in [0.15, 0.2) is 0 Å². The summed E-state index contributed by atoms with van der Waals surface area (Å²) in [6.07, 6.45) is 0.770. The van der Waals surface area contributed by atoms with Gasteiger partial charge in [-0.15, -0.1) is 0 Å². The topological polar surface area (TPSA) is 44.0 Å². The van der Waals surface area contributed by atoms with Crippen LogP contribution in [0.5, 0.6) is 0 Å². The Kier molecular flexibility index (Phi) is 2.88. The number of hydrogen-bond acceptors (Lipinski definition) is 2. The Morgan fingerprint density at radius 1 is 1.67 bits per heavy atom. The summed E-state index contributed by atoms with van der Waals surface area (Å²) in [4.78, 5) is 9.39. The zero-order chi connectivity index (χ0) is 7.49. The smallest absolute Gasteiger partial charge is 0.199 e. The molecule has 0 heterocycles. The highest BCUT2D eigenvalue weighted by Gasteiger charge is 2.27. The van der Waals surface area contributed by atoms with Gasteiger partial charge < -0.3 is 4.80 Å². The quantitative estimate of drug-likeness (QED) is 0.595. The zero-order valence-electron chi connectivity index (χ0n) is 6.18. The molecule has 0 aromatic heterocycles. The largest absolute Gasteiger partial charge is 0.431 e. The van der Waals surface area contributed by atoms with Crippen molar-refractivity contribution in [3.8, 4) is 6.07 Å². The van der Waals surface area contributed by atoms with Gasteiger partial charge in [0.15, 0.2) is 8.32 Å². The third kappa shape index (κ3) is 2.63. The molecule has 0 saturated carbocycles. The molecule has 1 unspecified atom stereocenters. The Bertz CT molecular complexity index is 122. The van der Waals surface area contributed by atoms with E-state index in [2.05, 4.69) is 6.07 Å². The van der Waals surface area contributed by atoms with Gasteiger partial charge in [-0.3, -0.25) is 0 Å². The van der Waals surface area contributed by atoms with Gasteiger partial charge in [-0.25, -0.2) is 0 Å². The number of hydrogen-bond donors (Lipinski definition) is 1. The van der Waals surface area contributed by atoms with Crippen molar-refractivity contribution >= 4 is 8.32 Å². The van der Waals surface area contributed by atoms with E-state index < -0.39 is 8.32 Å². The Hall–Kier alpha value is -0.333. The molecule has 0 amide bonds. The van der Waals surface area contributed by atoms with E-state index in [1.165, 1.54) is 0 Å². The standard InChI is InChI=1S/C6H13NOSi/c1-4-6(5-7)9(2,3)8/h6,8H,4H2,1-3H3. The molecule has 0 radical (unpaired) electrons. The molecule has 1 N–H and O–H groups in total. The fourth-order valence-electron chi connectivity index (χ4n) is 0.749. The molecule has 0 aliphatic rings. The van der Waals surface area contributed by atoms with Crippen molar-refractivity contribution in [2.45, 2.75) is 32.0 Å². The summed E-state index contributed by atoms with van der Waals surface area (Å²) in [5.41, 5.74) is -0.0995. The first-order valence-electron chi connectivity index (χ1n) is 3.14. The first-order valence-corrected chi connectivity index (χ1v) is 6.16. The third-order valence-electron chi connectivity index (χ3n) is 1.42. The van der Waals surface area contributed by atoms with Gasteiger partial charge >= 0.3 is 0 Å². The molecule has 0 rings (SSSR count). The molecule has 3 heteroatoms. The first-order chi connectivity index (χ1) is 4.02. The zero-order valence-corrected chi connectivity index (χ0v) is 7.18. The average Bonchev–Trinajstić information content (AvgIpc) is 1.65. The lowest BCUT2D eigenvalue weighted by atomic mass is 10.4. The van der Waals surface area contributed by atoms with E-state index in [4.69, 9.17) is 5.26 Å². The lowest BCUT2D eigenvalue weighted by Crippen LogP contribution is -2.31. The maximum absolute atomic E-state index is 9.39. The summed E-state index contributed by atoms with van der Waals surface area (Å²) in [6, 6.07) is 2.10. The maximum Gasteiger partial charge on any atom is 0.199 e. The number of nitrogens with zero attached hydrogens (tertiary/aromatic N) is 1. The SMILES string of the molecule is CCC(C#N)[Si](C)(C)O. The highest BCUT2D eigenvalue weighted by atomic mass is 28.4. The maximum atomic E-state index is 9.39. The van der Waals surface area contributed by atoms with E-state index >= 15 is 0 Å². The van der Waals surface area contributed by atoms with Crippen LogP contribution in [0.2, 0.25) is 18.6 Å². The minimum Gasteiger partial charge on any atom is -0.431 e. The van der Waals surface area contributed by atoms with Gasteiger partial charge in [0.25, 0.3) is 0 Å². The van der Waals surface area contributed by atoms with Gasteiger partial charge in [-0.1, -0.05) is 6.92 Å². The average molecular weight is 143 g/mol. The molecule has 0 aromatic rings. The number of nitriles is 1. The highest BCUT2D eigenvalue weighted by Crippen LogP contribution is 2.20. The van der Waals surface area contributed by atoms with Crippen LogP contribution >= 0.6 is 0 Å². The van der Waals surface area contributed by atoms with Gasteiger partial charge in [0.1, 0.15) is 0 Å². The Morgan fingerprint density at radius 3 is 2.11 bits per heavy atom. The van der Waals surface area contributed by atoms with Gasteiger partial charge in [-0.2, -0.15) is 5.26 Å². The molecule has 2 nitrogen and oxygen atoms in total. The van der Waals surface area contributed by atoms with Crippen LogP contribution in [0.3, 0.4) is 0 Å². The molecule has 0 aliphatic heterocycles. The second kappa shape index (κ2) is 2.99. The van der Waals surface area contributed by atoms with Gasteiger partial charge in [-0.05, 0) is 19.5 Å². The van der Waals surface area contributed by atoms with E-state index in [1.54, 1.807) is 13.1 Å². The number of rotatable bonds is 2. The predicted molar refractivity (Wildman–Crippen MR) is 39.4 cm³/mol. The molecule has 0 saturated heterocycles. The van der Waals surface area contributed by atoms with Crippen LogP contribution in [0, 0.1) is 11.3 Å². The van der Waals surface area contributed by atoms with Crippen molar-refractivity contribution in [3.63, 3.8) is 0 Å². The first kappa shape index (κ1) is 8.67. The van der Waals surface area contributed by atoms with Crippen molar-refractivity contribution < 1.29 is 4.80 Å². The van der Waals surface area contributed by atoms with E-state index in [9.17, 15) is 4.80 Å². The summed E-state index contributed by atoms with van der Waals surface area (Å²) >= 11 is 0.